The normalized spacial score (nSPS) is 10.8. The minimum Gasteiger partial charge on any atom is -0.463 e. The molecule has 0 aliphatic rings. The van der Waals surface area contributed by atoms with Gasteiger partial charge < -0.3 is 9.73 Å². The SMILES string of the molecule is O=C(Nc1cc(-c2ccco2)nn1-c1nc(-c2ccccc2)cc(=O)[nH]1)c1ccc(Cl)cc1. The number of rotatable bonds is 5. The third kappa shape index (κ3) is 4.32. The Morgan fingerprint density at radius 1 is 0.970 bits per heavy atom. The lowest BCUT2D eigenvalue weighted by Crippen LogP contribution is -2.18. The van der Waals surface area contributed by atoms with Crippen LogP contribution in [-0.4, -0.2) is 25.7 Å². The molecular weight excluding hydrogens is 442 g/mol. The van der Waals surface area contributed by atoms with Crippen LogP contribution in [-0.2, 0) is 0 Å². The van der Waals surface area contributed by atoms with E-state index in [1.807, 2.05) is 30.3 Å². The topological polar surface area (TPSA) is 106 Å². The molecule has 0 atom stereocenters. The molecule has 0 radical (unpaired) electrons. The number of nitrogens with zero attached hydrogens (tertiary/aromatic N) is 3. The Hall–Kier alpha value is -4.43. The largest absolute Gasteiger partial charge is 0.463 e. The number of benzene rings is 2. The van der Waals surface area contributed by atoms with Crippen molar-refractivity contribution in [1.82, 2.24) is 19.7 Å². The second kappa shape index (κ2) is 8.60. The molecule has 0 aliphatic carbocycles. The number of aromatic amines is 1. The molecule has 0 unspecified atom stereocenters. The number of furan rings is 1. The van der Waals surface area contributed by atoms with E-state index in [9.17, 15) is 9.59 Å². The van der Waals surface area contributed by atoms with E-state index in [-0.39, 0.29) is 17.4 Å². The summed E-state index contributed by atoms with van der Waals surface area (Å²) in [7, 11) is 0. The van der Waals surface area contributed by atoms with Crippen LogP contribution in [0.1, 0.15) is 10.4 Å². The van der Waals surface area contributed by atoms with Crippen molar-refractivity contribution in [3.8, 4) is 28.7 Å². The molecule has 0 bridgehead atoms. The van der Waals surface area contributed by atoms with Gasteiger partial charge in [-0.3, -0.25) is 14.6 Å². The van der Waals surface area contributed by atoms with E-state index in [2.05, 4.69) is 20.4 Å². The van der Waals surface area contributed by atoms with Gasteiger partial charge in [-0.15, -0.1) is 0 Å². The van der Waals surface area contributed by atoms with Crippen LogP contribution in [0.2, 0.25) is 5.02 Å². The quantitative estimate of drug-likeness (QED) is 0.394. The monoisotopic (exact) mass is 457 g/mol. The maximum Gasteiger partial charge on any atom is 0.256 e. The van der Waals surface area contributed by atoms with E-state index in [0.717, 1.165) is 5.56 Å². The molecule has 3 heterocycles. The van der Waals surface area contributed by atoms with E-state index < -0.39 is 0 Å². The lowest BCUT2D eigenvalue weighted by atomic mass is 10.1. The molecule has 5 aromatic rings. The molecule has 0 saturated carbocycles. The van der Waals surface area contributed by atoms with Gasteiger partial charge in [0.05, 0.1) is 12.0 Å². The predicted molar refractivity (Wildman–Crippen MR) is 125 cm³/mol. The van der Waals surface area contributed by atoms with Crippen molar-refractivity contribution in [2.24, 2.45) is 0 Å². The first-order valence-electron chi connectivity index (χ1n) is 9.95. The van der Waals surface area contributed by atoms with E-state index in [1.54, 1.807) is 42.5 Å². The maximum absolute atomic E-state index is 12.8. The number of hydrogen-bond acceptors (Lipinski definition) is 5. The van der Waals surface area contributed by atoms with Gasteiger partial charge >= 0.3 is 0 Å². The van der Waals surface area contributed by atoms with Gasteiger partial charge in [-0.05, 0) is 36.4 Å². The molecule has 0 fully saturated rings. The standard InChI is InChI=1S/C24H16ClN5O3/c25-17-10-8-16(9-11-17)23(32)27-21-13-19(20-7-4-12-33-20)29-30(21)24-26-18(14-22(31)28-24)15-5-2-1-3-6-15/h1-14H,(H,27,32)(H,26,28,31). The average Bonchev–Trinajstić information content (AvgIpc) is 3.50. The van der Waals surface area contributed by atoms with Gasteiger partial charge in [0.15, 0.2) is 5.76 Å². The average molecular weight is 458 g/mol. The number of H-pyrrole nitrogens is 1. The molecule has 8 nitrogen and oxygen atoms in total. The summed E-state index contributed by atoms with van der Waals surface area (Å²) in [5.41, 5.74) is 1.75. The van der Waals surface area contributed by atoms with Crippen molar-refractivity contribution in [3.05, 3.63) is 106 Å². The number of aromatic nitrogens is 4. The van der Waals surface area contributed by atoms with E-state index >= 15 is 0 Å². The number of anilines is 1. The highest BCUT2D eigenvalue weighted by Gasteiger charge is 2.18. The molecule has 1 amide bonds. The molecular formula is C24H16ClN5O3. The van der Waals surface area contributed by atoms with Crippen molar-refractivity contribution < 1.29 is 9.21 Å². The highest BCUT2D eigenvalue weighted by Crippen LogP contribution is 2.25. The van der Waals surface area contributed by atoms with Crippen molar-refractivity contribution in [1.29, 1.82) is 0 Å². The lowest BCUT2D eigenvalue weighted by Gasteiger charge is -2.09. The molecule has 3 aromatic heterocycles. The Morgan fingerprint density at radius 3 is 2.48 bits per heavy atom. The van der Waals surface area contributed by atoms with E-state index in [0.29, 0.717) is 33.6 Å². The smallest absolute Gasteiger partial charge is 0.256 e. The summed E-state index contributed by atoms with van der Waals surface area (Å²) in [5, 5.41) is 7.86. The first-order chi connectivity index (χ1) is 16.1. The summed E-state index contributed by atoms with van der Waals surface area (Å²) in [4.78, 5) is 32.5. The van der Waals surface area contributed by atoms with Crippen LogP contribution in [0.25, 0.3) is 28.7 Å². The molecule has 5 rings (SSSR count). The number of hydrogen-bond donors (Lipinski definition) is 2. The number of amides is 1. The molecule has 0 aliphatic heterocycles. The molecule has 2 N–H and O–H groups in total. The summed E-state index contributed by atoms with van der Waals surface area (Å²) in [6.45, 7) is 0. The van der Waals surface area contributed by atoms with Gasteiger partial charge in [0, 0.05) is 28.3 Å². The zero-order chi connectivity index (χ0) is 22.8. The summed E-state index contributed by atoms with van der Waals surface area (Å²) in [5.74, 6) is 0.568. The molecule has 9 heteroatoms. The predicted octanol–water partition coefficient (Wildman–Crippen LogP) is 4.79. The van der Waals surface area contributed by atoms with Crippen LogP contribution in [0, 0.1) is 0 Å². The summed E-state index contributed by atoms with van der Waals surface area (Å²) < 4.78 is 6.81. The van der Waals surface area contributed by atoms with Crippen LogP contribution in [0.4, 0.5) is 5.82 Å². The minimum absolute atomic E-state index is 0.144. The first-order valence-corrected chi connectivity index (χ1v) is 10.3. The fourth-order valence-corrected chi connectivity index (χ4v) is 3.39. The summed E-state index contributed by atoms with van der Waals surface area (Å²) in [6.07, 6.45) is 1.52. The molecule has 0 spiro atoms. The minimum atomic E-state index is -0.375. The number of nitrogens with one attached hydrogen (secondary N) is 2. The number of carbonyl (C=O) groups excluding carboxylic acids is 1. The van der Waals surface area contributed by atoms with E-state index in [1.165, 1.54) is 17.0 Å². The Kier molecular flexibility index (Phi) is 5.34. The summed E-state index contributed by atoms with van der Waals surface area (Å²) >= 11 is 5.92. The Bertz CT molecular complexity index is 1470. The van der Waals surface area contributed by atoms with Gasteiger partial charge in [0.25, 0.3) is 11.5 Å². The van der Waals surface area contributed by atoms with Gasteiger partial charge in [0.1, 0.15) is 11.5 Å². The molecule has 2 aromatic carbocycles. The van der Waals surface area contributed by atoms with E-state index in [4.69, 9.17) is 16.0 Å². The third-order valence-corrected chi connectivity index (χ3v) is 5.08. The molecule has 162 valence electrons. The van der Waals surface area contributed by atoms with Crippen molar-refractivity contribution in [2.45, 2.75) is 0 Å². The molecule has 33 heavy (non-hydrogen) atoms. The lowest BCUT2D eigenvalue weighted by molar-refractivity contribution is 0.102. The van der Waals surface area contributed by atoms with Gasteiger partial charge in [0.2, 0.25) is 5.95 Å². The highest BCUT2D eigenvalue weighted by molar-refractivity contribution is 6.30. The van der Waals surface area contributed by atoms with Crippen molar-refractivity contribution in [3.63, 3.8) is 0 Å². The fourth-order valence-electron chi connectivity index (χ4n) is 3.27. The van der Waals surface area contributed by atoms with Gasteiger partial charge in [-0.25, -0.2) is 4.98 Å². The zero-order valence-electron chi connectivity index (χ0n) is 17.0. The zero-order valence-corrected chi connectivity index (χ0v) is 17.8. The molecule has 0 saturated heterocycles. The van der Waals surface area contributed by atoms with Crippen LogP contribution in [0.3, 0.4) is 0 Å². The van der Waals surface area contributed by atoms with Crippen molar-refractivity contribution in [2.75, 3.05) is 5.32 Å². The third-order valence-electron chi connectivity index (χ3n) is 4.83. The summed E-state index contributed by atoms with van der Waals surface area (Å²) in [6, 6.07) is 22.3. The fraction of sp³-hybridized carbons (Fsp3) is 0. The number of halogens is 1. The van der Waals surface area contributed by atoms with Gasteiger partial charge in [-0.2, -0.15) is 9.78 Å². The van der Waals surface area contributed by atoms with Crippen molar-refractivity contribution >= 4 is 23.3 Å². The van der Waals surface area contributed by atoms with Crippen LogP contribution >= 0.6 is 11.6 Å². The highest BCUT2D eigenvalue weighted by atomic mass is 35.5. The van der Waals surface area contributed by atoms with Crippen LogP contribution < -0.4 is 10.9 Å². The second-order valence-corrected chi connectivity index (χ2v) is 7.52. The maximum atomic E-state index is 12.8. The van der Waals surface area contributed by atoms with Crippen LogP contribution in [0.15, 0.2) is 94.3 Å². The Balaban J connectivity index is 1.59. The number of carbonyl (C=O) groups is 1. The Labute approximate surface area is 192 Å². The van der Waals surface area contributed by atoms with Crippen LogP contribution in [0.5, 0.6) is 0 Å². The first kappa shape index (κ1) is 20.5. The Morgan fingerprint density at radius 2 is 1.76 bits per heavy atom. The second-order valence-electron chi connectivity index (χ2n) is 7.09. The van der Waals surface area contributed by atoms with Gasteiger partial charge in [-0.1, -0.05) is 41.9 Å².